The van der Waals surface area contributed by atoms with Crippen molar-refractivity contribution >= 4 is 17.8 Å². The molecule has 0 aromatic heterocycles. The maximum absolute atomic E-state index is 12.5. The zero-order valence-electron chi connectivity index (χ0n) is 14.8. The van der Waals surface area contributed by atoms with Crippen molar-refractivity contribution in [3.63, 3.8) is 0 Å². The van der Waals surface area contributed by atoms with Gasteiger partial charge in [-0.05, 0) is 44.7 Å². The zero-order chi connectivity index (χ0) is 18.7. The maximum Gasteiger partial charge on any atom is 0.332 e. The van der Waals surface area contributed by atoms with Crippen molar-refractivity contribution in [2.24, 2.45) is 0 Å². The van der Waals surface area contributed by atoms with Crippen molar-refractivity contribution in [2.45, 2.75) is 50.9 Å². The van der Waals surface area contributed by atoms with Crippen molar-refractivity contribution in [3.8, 4) is 0 Å². The summed E-state index contributed by atoms with van der Waals surface area (Å²) in [4.78, 5) is 37.5. The van der Waals surface area contributed by atoms with Crippen LogP contribution in [0.4, 0.5) is 0 Å². The third-order valence-corrected chi connectivity index (χ3v) is 5.01. The molecule has 2 fully saturated rings. The number of piperidine rings is 1. The molecular formula is C19H24N2O5. The Morgan fingerprint density at radius 2 is 1.65 bits per heavy atom. The lowest BCUT2D eigenvalue weighted by molar-refractivity contribution is -0.152. The smallest absolute Gasteiger partial charge is 0.332 e. The van der Waals surface area contributed by atoms with E-state index in [4.69, 9.17) is 9.84 Å². The molecule has 0 bridgehead atoms. The van der Waals surface area contributed by atoms with E-state index in [0.29, 0.717) is 44.3 Å². The Hall–Kier alpha value is -2.41. The van der Waals surface area contributed by atoms with Gasteiger partial charge in [-0.1, -0.05) is 17.7 Å². The van der Waals surface area contributed by atoms with E-state index in [0.717, 1.165) is 5.56 Å². The molecule has 26 heavy (non-hydrogen) atoms. The fourth-order valence-electron chi connectivity index (χ4n) is 3.41. The second kappa shape index (κ2) is 7.86. The van der Waals surface area contributed by atoms with Gasteiger partial charge in [-0.3, -0.25) is 9.59 Å². The molecule has 2 saturated heterocycles. The molecule has 2 N–H and O–H groups in total. The SMILES string of the molecule is Cc1ccc(C(=O)N2CCC(NC(=O)[C@@H]3CC[C@H](C(=O)O)O3)CC2)cc1. The number of carboxylic acid groups (broad SMARTS) is 1. The summed E-state index contributed by atoms with van der Waals surface area (Å²) in [5, 5.41) is 11.9. The third kappa shape index (κ3) is 4.22. The molecule has 3 rings (SSSR count). The van der Waals surface area contributed by atoms with Crippen LogP contribution in [0.15, 0.2) is 24.3 Å². The number of nitrogens with zero attached hydrogens (tertiary/aromatic N) is 1. The molecule has 0 saturated carbocycles. The van der Waals surface area contributed by atoms with E-state index in [1.807, 2.05) is 31.2 Å². The van der Waals surface area contributed by atoms with Crippen molar-refractivity contribution in [2.75, 3.05) is 13.1 Å². The number of amides is 2. The average Bonchev–Trinajstić information content (AvgIpc) is 3.13. The summed E-state index contributed by atoms with van der Waals surface area (Å²) in [5.74, 6) is -1.27. The van der Waals surface area contributed by atoms with Crippen LogP contribution in [0.3, 0.4) is 0 Å². The van der Waals surface area contributed by atoms with Crippen LogP contribution in [0.25, 0.3) is 0 Å². The van der Waals surface area contributed by atoms with Gasteiger partial charge in [0.25, 0.3) is 5.91 Å². The van der Waals surface area contributed by atoms with Crippen molar-refractivity contribution < 1.29 is 24.2 Å². The van der Waals surface area contributed by atoms with Crippen LogP contribution in [0.1, 0.15) is 41.6 Å². The zero-order valence-corrected chi connectivity index (χ0v) is 14.8. The Kier molecular flexibility index (Phi) is 5.56. The highest BCUT2D eigenvalue weighted by Crippen LogP contribution is 2.21. The van der Waals surface area contributed by atoms with E-state index < -0.39 is 18.2 Å². The highest BCUT2D eigenvalue weighted by molar-refractivity contribution is 5.94. The van der Waals surface area contributed by atoms with E-state index in [1.165, 1.54) is 0 Å². The van der Waals surface area contributed by atoms with E-state index in [2.05, 4.69) is 5.32 Å². The number of carbonyl (C=O) groups excluding carboxylic acids is 2. The van der Waals surface area contributed by atoms with Crippen LogP contribution in [0, 0.1) is 6.92 Å². The minimum Gasteiger partial charge on any atom is -0.479 e. The summed E-state index contributed by atoms with van der Waals surface area (Å²) in [6.07, 6.45) is 0.560. The predicted octanol–water partition coefficient (Wildman–Crippen LogP) is 1.35. The van der Waals surface area contributed by atoms with Crippen molar-refractivity contribution in [1.29, 1.82) is 0 Å². The molecule has 140 valence electrons. The molecule has 1 aromatic rings. The fraction of sp³-hybridized carbons (Fsp3) is 0.526. The number of likely N-dealkylation sites (tertiary alicyclic amines) is 1. The van der Waals surface area contributed by atoms with Crippen molar-refractivity contribution in [3.05, 3.63) is 35.4 Å². The Bertz CT molecular complexity index is 680. The van der Waals surface area contributed by atoms with Gasteiger partial charge in [-0.2, -0.15) is 0 Å². The van der Waals surface area contributed by atoms with Gasteiger partial charge in [0.05, 0.1) is 0 Å². The minimum absolute atomic E-state index is 0.0122. The second-order valence-corrected chi connectivity index (χ2v) is 6.97. The maximum atomic E-state index is 12.5. The van der Waals surface area contributed by atoms with E-state index in [1.54, 1.807) is 4.90 Å². The highest BCUT2D eigenvalue weighted by atomic mass is 16.5. The van der Waals surface area contributed by atoms with Crippen molar-refractivity contribution in [1.82, 2.24) is 10.2 Å². The number of hydrogen-bond donors (Lipinski definition) is 2. The molecule has 2 heterocycles. The fourth-order valence-corrected chi connectivity index (χ4v) is 3.41. The van der Waals surface area contributed by atoms with Gasteiger partial charge in [0.2, 0.25) is 5.91 Å². The summed E-state index contributed by atoms with van der Waals surface area (Å²) >= 11 is 0. The lowest BCUT2D eigenvalue weighted by Gasteiger charge is -2.33. The number of nitrogens with one attached hydrogen (secondary N) is 1. The molecular weight excluding hydrogens is 336 g/mol. The number of aliphatic carboxylic acids is 1. The number of rotatable bonds is 4. The Balaban J connectivity index is 1.46. The Labute approximate surface area is 152 Å². The molecule has 2 atom stereocenters. The summed E-state index contributed by atoms with van der Waals surface area (Å²) in [6, 6.07) is 7.50. The van der Waals surface area contributed by atoms with E-state index >= 15 is 0 Å². The second-order valence-electron chi connectivity index (χ2n) is 6.97. The average molecular weight is 360 g/mol. The van der Waals surface area contributed by atoms with Gasteiger partial charge in [0.15, 0.2) is 6.10 Å². The summed E-state index contributed by atoms with van der Waals surface area (Å²) in [6.45, 7) is 3.15. The lowest BCUT2D eigenvalue weighted by atomic mass is 10.0. The van der Waals surface area contributed by atoms with E-state index in [-0.39, 0.29) is 17.9 Å². The van der Waals surface area contributed by atoms with Gasteiger partial charge in [0.1, 0.15) is 6.10 Å². The first kappa shape index (κ1) is 18.4. The largest absolute Gasteiger partial charge is 0.479 e. The summed E-state index contributed by atoms with van der Waals surface area (Å²) < 4.78 is 5.28. The van der Waals surface area contributed by atoms with E-state index in [9.17, 15) is 14.4 Å². The molecule has 0 spiro atoms. The van der Waals surface area contributed by atoms with Crippen LogP contribution in [-0.2, 0) is 14.3 Å². The normalized spacial score (nSPS) is 23.7. The van der Waals surface area contributed by atoms with Crippen LogP contribution in [0.2, 0.25) is 0 Å². The minimum atomic E-state index is -1.02. The number of benzene rings is 1. The molecule has 2 aliphatic heterocycles. The quantitative estimate of drug-likeness (QED) is 0.845. The number of aryl methyl sites for hydroxylation is 1. The first-order valence-electron chi connectivity index (χ1n) is 8.98. The standard InChI is InChI=1S/C19H24N2O5/c1-12-2-4-13(5-3-12)18(23)21-10-8-14(9-11-21)20-17(22)15-6-7-16(26-15)19(24)25/h2-5,14-16H,6-11H2,1H3,(H,20,22)(H,24,25)/t15-,16+/m0/s1. The van der Waals surface area contributed by atoms with Crippen LogP contribution < -0.4 is 5.32 Å². The van der Waals surface area contributed by atoms with Gasteiger partial charge >= 0.3 is 5.97 Å². The summed E-state index contributed by atoms with van der Waals surface area (Å²) in [7, 11) is 0. The molecule has 0 aliphatic carbocycles. The highest BCUT2D eigenvalue weighted by Gasteiger charge is 2.36. The van der Waals surface area contributed by atoms with Crippen LogP contribution in [0.5, 0.6) is 0 Å². The van der Waals surface area contributed by atoms with Gasteiger partial charge < -0.3 is 20.1 Å². The van der Waals surface area contributed by atoms with Crippen LogP contribution in [-0.4, -0.2) is 59.1 Å². The summed E-state index contributed by atoms with van der Waals surface area (Å²) in [5.41, 5.74) is 1.79. The molecule has 0 radical (unpaired) electrons. The number of carboxylic acids is 1. The number of ether oxygens (including phenoxy) is 1. The van der Waals surface area contributed by atoms with Crippen LogP contribution >= 0.6 is 0 Å². The topological polar surface area (TPSA) is 95.9 Å². The molecule has 7 heteroatoms. The molecule has 2 amide bonds. The van der Waals surface area contributed by atoms with Gasteiger partial charge in [0, 0.05) is 24.7 Å². The molecule has 7 nitrogen and oxygen atoms in total. The number of hydrogen-bond acceptors (Lipinski definition) is 4. The third-order valence-electron chi connectivity index (χ3n) is 5.01. The predicted molar refractivity (Wildman–Crippen MR) is 93.8 cm³/mol. The Morgan fingerprint density at radius 3 is 2.23 bits per heavy atom. The van der Waals surface area contributed by atoms with Gasteiger partial charge in [-0.15, -0.1) is 0 Å². The first-order chi connectivity index (χ1) is 12.4. The first-order valence-corrected chi connectivity index (χ1v) is 8.98. The van der Waals surface area contributed by atoms with Gasteiger partial charge in [-0.25, -0.2) is 4.79 Å². The monoisotopic (exact) mass is 360 g/mol. The molecule has 1 aromatic carbocycles. The molecule has 2 aliphatic rings. The Morgan fingerprint density at radius 1 is 1.04 bits per heavy atom. The molecule has 0 unspecified atom stereocenters. The number of carbonyl (C=O) groups is 3. The lowest BCUT2D eigenvalue weighted by Crippen LogP contribution is -2.49.